The summed E-state index contributed by atoms with van der Waals surface area (Å²) in [5.41, 5.74) is 2.71. The average molecular weight is 191 g/mol. The zero-order valence-corrected chi connectivity index (χ0v) is 9.51. The fraction of sp³-hybridized carbons (Fsp3) is 0.538. The van der Waals surface area contributed by atoms with Crippen LogP contribution in [0.4, 0.5) is 5.69 Å². The molecule has 1 atom stereocenters. The van der Waals surface area contributed by atoms with Gasteiger partial charge in [-0.15, -0.1) is 0 Å². The molecule has 0 amide bonds. The van der Waals surface area contributed by atoms with Crippen molar-refractivity contribution in [3.05, 3.63) is 29.8 Å². The molecule has 0 aliphatic carbocycles. The summed E-state index contributed by atoms with van der Waals surface area (Å²) in [4.78, 5) is 0. The van der Waals surface area contributed by atoms with E-state index in [1.165, 1.54) is 30.5 Å². The Bertz CT molecular complexity index is 268. The predicted molar refractivity (Wildman–Crippen MR) is 63.8 cm³/mol. The molecule has 0 saturated carbocycles. The number of hydrogen-bond acceptors (Lipinski definition) is 1. The van der Waals surface area contributed by atoms with Crippen molar-refractivity contribution in [2.75, 3.05) is 12.4 Å². The molecule has 1 rings (SSSR count). The lowest BCUT2D eigenvalue weighted by atomic mass is 9.98. The first-order valence-corrected chi connectivity index (χ1v) is 5.53. The minimum absolute atomic E-state index is 0.833. The summed E-state index contributed by atoms with van der Waals surface area (Å²) in [5.74, 6) is 0.833. The highest BCUT2D eigenvalue weighted by molar-refractivity contribution is 5.50. The maximum absolute atomic E-state index is 3.24. The number of aryl methyl sites for hydroxylation is 1. The van der Waals surface area contributed by atoms with Crippen LogP contribution in [0.15, 0.2) is 24.3 Å². The van der Waals surface area contributed by atoms with E-state index in [9.17, 15) is 0 Å². The number of nitrogens with one attached hydrogen (secondary N) is 1. The summed E-state index contributed by atoms with van der Waals surface area (Å²) in [5, 5.41) is 3.24. The highest BCUT2D eigenvalue weighted by Gasteiger charge is 2.02. The van der Waals surface area contributed by atoms with Gasteiger partial charge in [0.2, 0.25) is 0 Å². The van der Waals surface area contributed by atoms with Crippen LogP contribution in [0.5, 0.6) is 0 Å². The van der Waals surface area contributed by atoms with E-state index in [2.05, 4.69) is 43.4 Å². The Morgan fingerprint density at radius 1 is 1.29 bits per heavy atom. The second kappa shape index (κ2) is 5.69. The minimum atomic E-state index is 0.833. The Morgan fingerprint density at radius 3 is 2.64 bits per heavy atom. The van der Waals surface area contributed by atoms with Gasteiger partial charge in [-0.25, -0.2) is 0 Å². The maximum atomic E-state index is 3.24. The summed E-state index contributed by atoms with van der Waals surface area (Å²) in [6.45, 7) is 4.58. The van der Waals surface area contributed by atoms with Crippen LogP contribution in [0.1, 0.15) is 32.3 Å². The lowest BCUT2D eigenvalue weighted by molar-refractivity contribution is 0.517. The molecule has 0 fully saturated rings. The third-order valence-corrected chi connectivity index (χ3v) is 2.89. The zero-order chi connectivity index (χ0) is 10.4. The Kier molecular flexibility index (Phi) is 4.51. The monoisotopic (exact) mass is 191 g/mol. The molecule has 0 bridgehead atoms. The van der Waals surface area contributed by atoms with E-state index in [4.69, 9.17) is 0 Å². The van der Waals surface area contributed by atoms with Crippen LogP contribution in [0.3, 0.4) is 0 Å². The molecule has 0 spiro atoms. The standard InChI is InChI=1S/C13H21N/c1-4-11(2)9-10-12-7-5-6-8-13(12)14-3/h5-8,11,14H,4,9-10H2,1-3H3. The number of para-hydroxylation sites is 1. The predicted octanol–water partition coefficient (Wildman–Crippen LogP) is 3.71. The molecule has 0 heterocycles. The second-order valence-corrected chi connectivity index (χ2v) is 3.96. The normalized spacial score (nSPS) is 12.5. The van der Waals surface area contributed by atoms with Crippen molar-refractivity contribution < 1.29 is 0 Å². The lowest BCUT2D eigenvalue weighted by Gasteiger charge is -2.11. The average Bonchev–Trinajstić information content (AvgIpc) is 2.26. The number of hydrogen-bond donors (Lipinski definition) is 1. The van der Waals surface area contributed by atoms with Crippen molar-refractivity contribution in [1.82, 2.24) is 0 Å². The van der Waals surface area contributed by atoms with Gasteiger partial charge in [0.1, 0.15) is 0 Å². The van der Waals surface area contributed by atoms with Crippen molar-refractivity contribution in [3.63, 3.8) is 0 Å². The van der Waals surface area contributed by atoms with Gasteiger partial charge in [-0.2, -0.15) is 0 Å². The van der Waals surface area contributed by atoms with Gasteiger partial charge in [-0.05, 0) is 30.4 Å². The molecule has 0 aliphatic rings. The van der Waals surface area contributed by atoms with E-state index < -0.39 is 0 Å². The van der Waals surface area contributed by atoms with Crippen LogP contribution in [0.25, 0.3) is 0 Å². The van der Waals surface area contributed by atoms with E-state index in [1.54, 1.807) is 0 Å². The third-order valence-electron chi connectivity index (χ3n) is 2.89. The lowest BCUT2D eigenvalue weighted by Crippen LogP contribution is -1.99. The molecule has 14 heavy (non-hydrogen) atoms. The Labute approximate surface area is 87.5 Å². The van der Waals surface area contributed by atoms with Gasteiger partial charge < -0.3 is 5.32 Å². The van der Waals surface area contributed by atoms with Crippen molar-refractivity contribution in [2.24, 2.45) is 5.92 Å². The summed E-state index contributed by atoms with van der Waals surface area (Å²) < 4.78 is 0. The van der Waals surface area contributed by atoms with Gasteiger partial charge in [0, 0.05) is 12.7 Å². The van der Waals surface area contributed by atoms with Crippen LogP contribution in [-0.2, 0) is 6.42 Å². The van der Waals surface area contributed by atoms with Gasteiger partial charge in [0.05, 0.1) is 0 Å². The molecule has 1 N–H and O–H groups in total. The van der Waals surface area contributed by atoms with Crippen molar-refractivity contribution in [3.8, 4) is 0 Å². The van der Waals surface area contributed by atoms with E-state index in [0.717, 1.165) is 5.92 Å². The maximum Gasteiger partial charge on any atom is 0.0370 e. The molecule has 1 aromatic carbocycles. The Balaban J connectivity index is 2.57. The minimum Gasteiger partial charge on any atom is -0.388 e. The molecule has 1 heteroatoms. The SMILES string of the molecule is CCC(C)CCc1ccccc1NC. The topological polar surface area (TPSA) is 12.0 Å². The molecule has 1 aromatic rings. The highest BCUT2D eigenvalue weighted by Crippen LogP contribution is 2.19. The summed E-state index contributed by atoms with van der Waals surface area (Å²) in [6, 6.07) is 8.56. The smallest absolute Gasteiger partial charge is 0.0370 e. The first kappa shape index (κ1) is 11.1. The molecule has 78 valence electrons. The fourth-order valence-corrected chi connectivity index (χ4v) is 1.59. The molecule has 0 aliphatic heterocycles. The van der Waals surface area contributed by atoms with Crippen LogP contribution in [0, 0.1) is 5.92 Å². The van der Waals surface area contributed by atoms with Crippen molar-refractivity contribution in [2.45, 2.75) is 33.1 Å². The largest absolute Gasteiger partial charge is 0.388 e. The van der Waals surface area contributed by atoms with Crippen molar-refractivity contribution >= 4 is 5.69 Å². The molecule has 0 saturated heterocycles. The van der Waals surface area contributed by atoms with Crippen LogP contribution in [-0.4, -0.2) is 7.05 Å². The Hall–Kier alpha value is -0.980. The van der Waals surface area contributed by atoms with Gasteiger partial charge in [-0.3, -0.25) is 0 Å². The third kappa shape index (κ3) is 3.06. The quantitative estimate of drug-likeness (QED) is 0.748. The summed E-state index contributed by atoms with van der Waals surface area (Å²) in [7, 11) is 1.99. The van der Waals surface area contributed by atoms with Gasteiger partial charge >= 0.3 is 0 Å². The zero-order valence-electron chi connectivity index (χ0n) is 9.51. The Morgan fingerprint density at radius 2 is 2.00 bits per heavy atom. The molecule has 0 radical (unpaired) electrons. The second-order valence-electron chi connectivity index (χ2n) is 3.96. The molecule has 1 unspecified atom stereocenters. The van der Waals surface area contributed by atoms with Crippen LogP contribution >= 0.6 is 0 Å². The molecular weight excluding hydrogens is 170 g/mol. The van der Waals surface area contributed by atoms with Gasteiger partial charge in [-0.1, -0.05) is 38.5 Å². The van der Waals surface area contributed by atoms with E-state index in [1.807, 2.05) is 7.05 Å². The molecule has 1 nitrogen and oxygen atoms in total. The summed E-state index contributed by atoms with van der Waals surface area (Å²) >= 11 is 0. The highest BCUT2D eigenvalue weighted by atomic mass is 14.8. The first-order chi connectivity index (χ1) is 6.77. The van der Waals surface area contributed by atoms with Crippen LogP contribution in [0.2, 0.25) is 0 Å². The summed E-state index contributed by atoms with van der Waals surface area (Å²) in [6.07, 6.45) is 3.75. The van der Waals surface area contributed by atoms with E-state index >= 15 is 0 Å². The fourth-order valence-electron chi connectivity index (χ4n) is 1.59. The van der Waals surface area contributed by atoms with Crippen LogP contribution < -0.4 is 5.32 Å². The molecular formula is C13H21N. The number of anilines is 1. The molecule has 0 aromatic heterocycles. The van der Waals surface area contributed by atoms with Crippen molar-refractivity contribution in [1.29, 1.82) is 0 Å². The number of rotatable bonds is 5. The van der Waals surface area contributed by atoms with E-state index in [-0.39, 0.29) is 0 Å². The van der Waals surface area contributed by atoms with Gasteiger partial charge in [0.25, 0.3) is 0 Å². The van der Waals surface area contributed by atoms with Gasteiger partial charge in [0.15, 0.2) is 0 Å². The van der Waals surface area contributed by atoms with E-state index in [0.29, 0.717) is 0 Å². The first-order valence-electron chi connectivity index (χ1n) is 5.53. The number of benzene rings is 1.